The minimum atomic E-state index is -0.265. The molecule has 1 heterocycles. The highest BCUT2D eigenvalue weighted by Gasteiger charge is 2.20. The van der Waals surface area contributed by atoms with Crippen molar-refractivity contribution in [1.82, 2.24) is 10.6 Å². The van der Waals surface area contributed by atoms with E-state index < -0.39 is 0 Å². The standard InChI is InChI=1S/C34H44N4O6/c1-5-25(6-2)36-34(40)37-26-9-16-31(32(23-26)42-4)44-29-14-10-27(11-15-29)38(21-22-41-3)33(39)24-7-12-28(13-8-24)43-30-17-19-35-20-18-30/h7-16,23,25,30,35H,5-6,17-22H2,1-4H3,(H2,36,37,40). The number of urea groups is 1. The molecule has 0 radical (unpaired) electrons. The summed E-state index contributed by atoms with van der Waals surface area (Å²) in [4.78, 5) is 27.6. The van der Waals surface area contributed by atoms with E-state index in [1.165, 1.54) is 0 Å². The Morgan fingerprint density at radius 3 is 2.23 bits per heavy atom. The van der Waals surface area contributed by atoms with E-state index in [2.05, 4.69) is 16.0 Å². The minimum absolute atomic E-state index is 0.118. The van der Waals surface area contributed by atoms with Gasteiger partial charge in [-0.2, -0.15) is 0 Å². The Kier molecular flexibility index (Phi) is 12.3. The summed E-state index contributed by atoms with van der Waals surface area (Å²) in [5.41, 5.74) is 1.86. The number of hydrogen-bond acceptors (Lipinski definition) is 7. The number of amides is 3. The molecule has 44 heavy (non-hydrogen) atoms. The van der Waals surface area contributed by atoms with Gasteiger partial charge in [-0.25, -0.2) is 4.79 Å². The number of carbonyl (C=O) groups is 2. The molecule has 3 aromatic rings. The third kappa shape index (κ3) is 9.11. The number of carbonyl (C=O) groups excluding carboxylic acids is 2. The number of benzene rings is 3. The van der Waals surface area contributed by atoms with Crippen LogP contribution in [0.2, 0.25) is 0 Å². The second-order valence-electron chi connectivity index (χ2n) is 10.6. The highest BCUT2D eigenvalue weighted by atomic mass is 16.5. The van der Waals surface area contributed by atoms with Crippen molar-refractivity contribution in [3.05, 3.63) is 72.3 Å². The number of nitrogens with one attached hydrogen (secondary N) is 3. The molecule has 0 atom stereocenters. The van der Waals surface area contributed by atoms with Crippen LogP contribution in [-0.4, -0.2) is 64.5 Å². The van der Waals surface area contributed by atoms with Crippen LogP contribution in [0.3, 0.4) is 0 Å². The summed E-state index contributed by atoms with van der Waals surface area (Å²) in [6, 6.07) is 19.6. The van der Waals surface area contributed by atoms with Crippen molar-refractivity contribution in [3.63, 3.8) is 0 Å². The fourth-order valence-electron chi connectivity index (χ4n) is 4.96. The van der Waals surface area contributed by atoms with Crippen LogP contribution in [0.15, 0.2) is 66.7 Å². The van der Waals surface area contributed by atoms with E-state index in [-0.39, 0.29) is 24.1 Å². The van der Waals surface area contributed by atoms with E-state index in [1.54, 1.807) is 61.6 Å². The van der Waals surface area contributed by atoms with Crippen molar-refractivity contribution in [3.8, 4) is 23.0 Å². The molecule has 10 nitrogen and oxygen atoms in total. The highest BCUT2D eigenvalue weighted by molar-refractivity contribution is 6.06. The van der Waals surface area contributed by atoms with Crippen molar-refractivity contribution in [1.29, 1.82) is 0 Å². The average Bonchev–Trinajstić information content (AvgIpc) is 3.06. The monoisotopic (exact) mass is 604 g/mol. The molecule has 236 valence electrons. The van der Waals surface area contributed by atoms with Crippen molar-refractivity contribution >= 4 is 23.3 Å². The van der Waals surface area contributed by atoms with E-state index >= 15 is 0 Å². The minimum Gasteiger partial charge on any atom is -0.493 e. The molecule has 0 unspecified atom stereocenters. The molecule has 0 saturated carbocycles. The fraction of sp³-hybridized carbons (Fsp3) is 0.412. The summed E-state index contributed by atoms with van der Waals surface area (Å²) in [6.07, 6.45) is 3.85. The maximum absolute atomic E-state index is 13.6. The zero-order valence-electron chi connectivity index (χ0n) is 26.1. The molecular formula is C34H44N4O6. The number of hydrogen-bond donors (Lipinski definition) is 3. The molecule has 4 rings (SSSR count). The molecule has 0 bridgehead atoms. The summed E-state index contributed by atoms with van der Waals surface area (Å²) in [6.45, 7) is 6.75. The van der Waals surface area contributed by atoms with E-state index in [9.17, 15) is 9.59 Å². The van der Waals surface area contributed by atoms with Gasteiger partial charge in [0.05, 0.1) is 13.7 Å². The lowest BCUT2D eigenvalue weighted by Crippen LogP contribution is -2.37. The van der Waals surface area contributed by atoms with Gasteiger partial charge in [0, 0.05) is 42.7 Å². The molecule has 10 heteroatoms. The maximum Gasteiger partial charge on any atom is 0.319 e. The number of rotatable bonds is 14. The Hall–Kier alpha value is -4.28. The molecule has 0 spiro atoms. The van der Waals surface area contributed by atoms with Gasteiger partial charge in [-0.15, -0.1) is 0 Å². The SMILES string of the molecule is CCC(CC)NC(=O)Nc1ccc(Oc2ccc(N(CCOC)C(=O)c3ccc(OC4CCNCC4)cc3)cc2)c(OC)c1. The zero-order chi connectivity index (χ0) is 31.3. The van der Waals surface area contributed by atoms with Gasteiger partial charge >= 0.3 is 6.03 Å². The van der Waals surface area contributed by atoms with Crippen LogP contribution < -0.4 is 35.1 Å². The predicted octanol–water partition coefficient (Wildman–Crippen LogP) is 6.22. The van der Waals surface area contributed by atoms with Crippen LogP contribution in [0.1, 0.15) is 49.9 Å². The molecule has 1 aliphatic rings. The lowest BCUT2D eigenvalue weighted by molar-refractivity contribution is 0.0975. The first kappa shape index (κ1) is 32.6. The largest absolute Gasteiger partial charge is 0.493 e. The van der Waals surface area contributed by atoms with Crippen LogP contribution in [0, 0.1) is 0 Å². The Morgan fingerprint density at radius 1 is 0.909 bits per heavy atom. The van der Waals surface area contributed by atoms with Gasteiger partial charge in [-0.05, 0) is 99.4 Å². The zero-order valence-corrected chi connectivity index (χ0v) is 26.1. The van der Waals surface area contributed by atoms with E-state index in [4.69, 9.17) is 18.9 Å². The van der Waals surface area contributed by atoms with Gasteiger partial charge in [-0.3, -0.25) is 4.79 Å². The van der Waals surface area contributed by atoms with E-state index in [0.717, 1.165) is 44.5 Å². The van der Waals surface area contributed by atoms with Gasteiger partial charge in [0.1, 0.15) is 17.6 Å². The smallest absolute Gasteiger partial charge is 0.319 e. The third-order valence-corrected chi connectivity index (χ3v) is 7.57. The fourth-order valence-corrected chi connectivity index (χ4v) is 4.96. The van der Waals surface area contributed by atoms with Gasteiger partial charge in [0.15, 0.2) is 11.5 Å². The third-order valence-electron chi connectivity index (χ3n) is 7.57. The Balaban J connectivity index is 1.42. The number of anilines is 2. The van der Waals surface area contributed by atoms with Crippen molar-refractivity contribution in [2.24, 2.45) is 0 Å². The first-order valence-corrected chi connectivity index (χ1v) is 15.3. The van der Waals surface area contributed by atoms with Crippen molar-refractivity contribution in [2.75, 3.05) is 50.7 Å². The molecular weight excluding hydrogens is 560 g/mol. The molecule has 1 saturated heterocycles. The van der Waals surface area contributed by atoms with E-state index in [1.807, 2.05) is 38.1 Å². The van der Waals surface area contributed by atoms with Gasteiger partial charge < -0.3 is 39.8 Å². The first-order chi connectivity index (χ1) is 21.4. The van der Waals surface area contributed by atoms with Crippen LogP contribution in [0.5, 0.6) is 23.0 Å². The Labute approximate surface area is 260 Å². The van der Waals surface area contributed by atoms with E-state index in [0.29, 0.717) is 47.3 Å². The van der Waals surface area contributed by atoms with Crippen LogP contribution in [-0.2, 0) is 4.74 Å². The van der Waals surface area contributed by atoms with Gasteiger partial charge in [0.2, 0.25) is 0 Å². The summed E-state index contributed by atoms with van der Waals surface area (Å²) in [5.74, 6) is 2.16. The van der Waals surface area contributed by atoms with Crippen molar-refractivity contribution < 1.29 is 28.5 Å². The van der Waals surface area contributed by atoms with Crippen LogP contribution in [0.4, 0.5) is 16.2 Å². The van der Waals surface area contributed by atoms with Gasteiger partial charge in [0.25, 0.3) is 5.91 Å². The number of methoxy groups -OCH3 is 2. The topological polar surface area (TPSA) is 110 Å². The second-order valence-corrected chi connectivity index (χ2v) is 10.6. The molecule has 3 aromatic carbocycles. The quantitative estimate of drug-likeness (QED) is 0.200. The maximum atomic E-state index is 13.6. The summed E-state index contributed by atoms with van der Waals surface area (Å²) >= 11 is 0. The number of ether oxygens (including phenoxy) is 4. The lowest BCUT2D eigenvalue weighted by Gasteiger charge is -2.25. The molecule has 1 fully saturated rings. The molecule has 0 aromatic heterocycles. The molecule has 3 N–H and O–H groups in total. The van der Waals surface area contributed by atoms with Crippen LogP contribution >= 0.6 is 0 Å². The average molecular weight is 605 g/mol. The summed E-state index contributed by atoms with van der Waals surface area (Å²) in [5, 5.41) is 9.14. The predicted molar refractivity (Wildman–Crippen MR) is 173 cm³/mol. The lowest BCUT2D eigenvalue weighted by atomic mass is 10.1. The number of piperidine rings is 1. The first-order valence-electron chi connectivity index (χ1n) is 15.3. The van der Waals surface area contributed by atoms with Crippen molar-refractivity contribution in [2.45, 2.75) is 51.7 Å². The second kappa shape index (κ2) is 16.5. The molecule has 0 aliphatic carbocycles. The normalized spacial score (nSPS) is 13.3. The molecule has 1 aliphatic heterocycles. The summed E-state index contributed by atoms with van der Waals surface area (Å²) in [7, 11) is 3.16. The highest BCUT2D eigenvalue weighted by Crippen LogP contribution is 2.34. The van der Waals surface area contributed by atoms with Crippen LogP contribution in [0.25, 0.3) is 0 Å². The Bertz CT molecular complexity index is 1340. The summed E-state index contributed by atoms with van der Waals surface area (Å²) < 4.78 is 23.0. The number of nitrogens with zero attached hydrogens (tertiary/aromatic N) is 1. The Morgan fingerprint density at radius 2 is 1.59 bits per heavy atom. The molecule has 3 amide bonds. The van der Waals surface area contributed by atoms with Gasteiger partial charge in [-0.1, -0.05) is 13.8 Å².